The van der Waals surface area contributed by atoms with Crippen LogP contribution in [0, 0.1) is 5.92 Å². The third-order valence-electron chi connectivity index (χ3n) is 5.05. The van der Waals surface area contributed by atoms with Gasteiger partial charge in [0.1, 0.15) is 5.82 Å². The second-order valence-corrected chi connectivity index (χ2v) is 7.30. The van der Waals surface area contributed by atoms with Crippen LogP contribution in [0.25, 0.3) is 0 Å². The molecule has 0 radical (unpaired) electrons. The van der Waals surface area contributed by atoms with Crippen LogP contribution in [0.1, 0.15) is 96.2 Å². The third kappa shape index (κ3) is 12.7. The van der Waals surface area contributed by atoms with E-state index in [9.17, 15) is 0 Å². The van der Waals surface area contributed by atoms with Crippen molar-refractivity contribution in [2.24, 2.45) is 5.92 Å². The Hall–Kier alpha value is -1.31. The van der Waals surface area contributed by atoms with Crippen molar-refractivity contribution in [3.8, 4) is 0 Å². The zero-order chi connectivity index (χ0) is 18.0. The molecule has 0 aliphatic heterocycles. The van der Waals surface area contributed by atoms with Gasteiger partial charge in [0.15, 0.2) is 0 Å². The second-order valence-electron chi connectivity index (χ2n) is 7.30. The lowest BCUT2D eigenvalue weighted by molar-refractivity contribution is 0.371. The summed E-state index contributed by atoms with van der Waals surface area (Å²) in [6.45, 7) is 6.03. The van der Waals surface area contributed by atoms with Crippen LogP contribution in [0.5, 0.6) is 0 Å². The van der Waals surface area contributed by atoms with E-state index in [2.05, 4.69) is 35.6 Å². The van der Waals surface area contributed by atoms with E-state index in [4.69, 9.17) is 0 Å². The highest BCUT2D eigenvalue weighted by Gasteiger charge is 2.08. The molecule has 142 valence electrons. The lowest BCUT2D eigenvalue weighted by atomic mass is 9.90. The van der Waals surface area contributed by atoms with Crippen molar-refractivity contribution in [2.75, 3.05) is 0 Å². The fourth-order valence-corrected chi connectivity index (χ4v) is 3.52. The van der Waals surface area contributed by atoms with E-state index in [0.717, 1.165) is 18.2 Å². The van der Waals surface area contributed by atoms with E-state index in [0.29, 0.717) is 0 Å². The fourth-order valence-electron chi connectivity index (χ4n) is 3.52. The average molecular weight is 345 g/mol. The summed E-state index contributed by atoms with van der Waals surface area (Å²) >= 11 is 0. The van der Waals surface area contributed by atoms with Crippen LogP contribution in [0.2, 0.25) is 0 Å². The minimum absolute atomic E-state index is 0.948. The van der Waals surface area contributed by atoms with Gasteiger partial charge >= 0.3 is 0 Å². The summed E-state index contributed by atoms with van der Waals surface area (Å²) in [7, 11) is 0. The lowest BCUT2D eigenvalue weighted by Crippen LogP contribution is -2.02. The molecule has 0 bridgehead atoms. The molecule has 0 aliphatic rings. The van der Waals surface area contributed by atoms with Gasteiger partial charge in [-0.05, 0) is 25.2 Å². The predicted molar refractivity (Wildman–Crippen MR) is 111 cm³/mol. The topological polar surface area (TPSA) is 28.7 Å². The summed E-state index contributed by atoms with van der Waals surface area (Å²) in [5, 5.41) is 0. The van der Waals surface area contributed by atoms with Crippen molar-refractivity contribution in [3.63, 3.8) is 0 Å². The summed E-state index contributed by atoms with van der Waals surface area (Å²) in [5.41, 5.74) is 0. The van der Waals surface area contributed by atoms with Crippen LogP contribution in [-0.4, -0.2) is 9.97 Å². The van der Waals surface area contributed by atoms with Gasteiger partial charge in [-0.1, -0.05) is 95.9 Å². The van der Waals surface area contributed by atoms with Gasteiger partial charge in [0.2, 0.25) is 0 Å². The molecule has 1 atom stereocenters. The van der Waals surface area contributed by atoms with Crippen LogP contribution in [0.4, 0.5) is 0 Å². The smallest absolute Gasteiger partial charge is 0.105 e. The van der Waals surface area contributed by atoms with Crippen LogP contribution in [0.3, 0.4) is 0 Å². The number of allylic oxidation sites excluding steroid dienone is 3. The Bertz CT molecular complexity index is 419. The summed E-state index contributed by atoms with van der Waals surface area (Å²) in [6.07, 6.45) is 28.9. The van der Waals surface area contributed by atoms with Crippen molar-refractivity contribution >= 4 is 0 Å². The van der Waals surface area contributed by atoms with Crippen LogP contribution in [0.15, 0.2) is 37.2 Å². The first-order valence-electron chi connectivity index (χ1n) is 10.6. The number of nitrogens with zero attached hydrogens (tertiary/aromatic N) is 1. The molecular formula is C23H40N2. The number of aryl methyl sites for hydroxylation is 1. The maximum atomic E-state index is 4.31. The Balaban J connectivity index is 2.14. The van der Waals surface area contributed by atoms with Crippen LogP contribution >= 0.6 is 0 Å². The number of hydrogen-bond donors (Lipinski definition) is 1. The van der Waals surface area contributed by atoms with E-state index in [1.807, 2.05) is 18.5 Å². The molecule has 1 aromatic rings. The van der Waals surface area contributed by atoms with Gasteiger partial charge in [0, 0.05) is 18.8 Å². The molecule has 1 unspecified atom stereocenters. The van der Waals surface area contributed by atoms with E-state index < -0.39 is 0 Å². The van der Waals surface area contributed by atoms with Crippen molar-refractivity contribution in [1.29, 1.82) is 0 Å². The Morgan fingerprint density at radius 3 is 2.36 bits per heavy atom. The maximum absolute atomic E-state index is 4.31. The van der Waals surface area contributed by atoms with Gasteiger partial charge in [-0.15, -0.1) is 0 Å². The number of rotatable bonds is 17. The Labute approximate surface area is 156 Å². The maximum Gasteiger partial charge on any atom is 0.105 e. The molecule has 0 aromatic carbocycles. The highest BCUT2D eigenvalue weighted by molar-refractivity contribution is 4.96. The summed E-state index contributed by atoms with van der Waals surface area (Å²) in [4.78, 5) is 7.51. The lowest BCUT2D eigenvalue weighted by Gasteiger charge is -2.16. The highest BCUT2D eigenvalue weighted by Crippen LogP contribution is 2.24. The molecule has 1 rings (SSSR count). The van der Waals surface area contributed by atoms with Gasteiger partial charge in [0.05, 0.1) is 0 Å². The summed E-state index contributed by atoms with van der Waals surface area (Å²) in [5.74, 6) is 2.09. The van der Waals surface area contributed by atoms with Gasteiger partial charge in [-0.2, -0.15) is 0 Å². The molecule has 2 heteroatoms. The molecule has 1 N–H and O–H groups in total. The van der Waals surface area contributed by atoms with Crippen molar-refractivity contribution in [3.05, 3.63) is 43.0 Å². The predicted octanol–water partition coefficient (Wildman–Crippen LogP) is 7.40. The van der Waals surface area contributed by atoms with E-state index in [1.54, 1.807) is 0 Å². The van der Waals surface area contributed by atoms with Crippen molar-refractivity contribution in [1.82, 2.24) is 9.97 Å². The van der Waals surface area contributed by atoms with Gasteiger partial charge in [-0.3, -0.25) is 0 Å². The first kappa shape index (κ1) is 21.7. The monoisotopic (exact) mass is 344 g/mol. The minimum atomic E-state index is 0.948. The number of nitrogens with one attached hydrogen (secondary N) is 1. The number of unbranched alkanes of at least 4 members (excludes halogenated alkanes) is 7. The normalized spacial score (nSPS) is 12.7. The molecule has 1 aromatic heterocycles. The number of aromatic nitrogens is 2. The zero-order valence-electron chi connectivity index (χ0n) is 16.5. The quantitative estimate of drug-likeness (QED) is 0.231. The minimum Gasteiger partial charge on any atom is -0.349 e. The molecule has 25 heavy (non-hydrogen) atoms. The average Bonchev–Trinajstić information content (AvgIpc) is 3.14. The highest BCUT2D eigenvalue weighted by atomic mass is 14.9. The van der Waals surface area contributed by atoms with Gasteiger partial charge in [0.25, 0.3) is 0 Å². The van der Waals surface area contributed by atoms with Gasteiger partial charge in [-0.25, -0.2) is 4.98 Å². The molecule has 1 heterocycles. The standard InChI is InChI=1S/C23H40N2/c1-3-5-7-9-10-13-17-22(16-12-8-6-4-2)18-14-11-15-19-23-24-20-21-25-23/h3,5,7,20-22H,1,4,6,8-19H2,2H3,(H,24,25). The number of H-pyrrole nitrogens is 1. The number of imidazole rings is 1. The van der Waals surface area contributed by atoms with Crippen molar-refractivity contribution < 1.29 is 0 Å². The molecule has 0 aliphatic carbocycles. The van der Waals surface area contributed by atoms with Crippen LogP contribution in [-0.2, 0) is 6.42 Å². The number of hydrogen-bond acceptors (Lipinski definition) is 1. The van der Waals surface area contributed by atoms with E-state index >= 15 is 0 Å². The van der Waals surface area contributed by atoms with E-state index in [1.165, 1.54) is 83.5 Å². The third-order valence-corrected chi connectivity index (χ3v) is 5.05. The second kappa shape index (κ2) is 16.2. The van der Waals surface area contributed by atoms with Crippen molar-refractivity contribution in [2.45, 2.75) is 96.8 Å². The molecule has 0 saturated heterocycles. The molecule has 0 saturated carbocycles. The van der Waals surface area contributed by atoms with Crippen LogP contribution < -0.4 is 0 Å². The molecule has 0 amide bonds. The largest absolute Gasteiger partial charge is 0.349 e. The Morgan fingerprint density at radius 1 is 1.00 bits per heavy atom. The Kier molecular flexibility index (Phi) is 14.1. The molecule has 2 nitrogen and oxygen atoms in total. The van der Waals surface area contributed by atoms with E-state index in [-0.39, 0.29) is 0 Å². The number of aromatic amines is 1. The summed E-state index contributed by atoms with van der Waals surface area (Å²) in [6, 6.07) is 0. The first-order chi connectivity index (χ1) is 12.4. The molecule has 0 spiro atoms. The molecule has 0 fully saturated rings. The summed E-state index contributed by atoms with van der Waals surface area (Å²) < 4.78 is 0. The Morgan fingerprint density at radius 2 is 1.72 bits per heavy atom. The first-order valence-corrected chi connectivity index (χ1v) is 10.6. The fraction of sp³-hybridized carbons (Fsp3) is 0.696. The van der Waals surface area contributed by atoms with Gasteiger partial charge < -0.3 is 4.98 Å². The molecular weight excluding hydrogens is 304 g/mol. The zero-order valence-corrected chi connectivity index (χ0v) is 16.5. The SMILES string of the molecule is C=CC=CCCCCC(CCCCCC)CCCCCc1ncc[nH]1.